The smallest absolute Gasteiger partial charge is 0.190 e. The Balaban J connectivity index is 1.52. The molecule has 2 atom stereocenters. The van der Waals surface area contributed by atoms with E-state index in [-0.39, 0.29) is 6.10 Å². The number of nitrogens with zero attached hydrogens (tertiary/aromatic N) is 1. The van der Waals surface area contributed by atoms with Gasteiger partial charge >= 0.3 is 0 Å². The second kappa shape index (κ2) is 11.0. The molecular formula is C19H31N3O2. The second-order valence-electron chi connectivity index (χ2n) is 6.13. The first-order valence-electron chi connectivity index (χ1n) is 9.02. The standard InChI is InChI=1S/C19H31N3O2/c1-16(17-8-4-3-5-9-17)23-15-7-12-21-19(20-2)22-13-11-18-10-6-14-24-18/h3-5,8-9,16,18H,6-7,10-15H2,1-2H3,(H2,20,21,22). The summed E-state index contributed by atoms with van der Waals surface area (Å²) in [6, 6.07) is 10.3. The third kappa shape index (κ3) is 6.89. The van der Waals surface area contributed by atoms with Crippen LogP contribution >= 0.6 is 0 Å². The van der Waals surface area contributed by atoms with Crippen molar-refractivity contribution in [1.82, 2.24) is 10.6 Å². The van der Waals surface area contributed by atoms with Crippen molar-refractivity contribution in [3.63, 3.8) is 0 Å². The molecule has 134 valence electrons. The number of hydrogen-bond donors (Lipinski definition) is 2. The van der Waals surface area contributed by atoms with E-state index in [1.165, 1.54) is 18.4 Å². The Morgan fingerprint density at radius 1 is 1.29 bits per heavy atom. The van der Waals surface area contributed by atoms with Crippen molar-refractivity contribution in [2.24, 2.45) is 4.99 Å². The molecule has 1 aliphatic rings. The van der Waals surface area contributed by atoms with Gasteiger partial charge in [0, 0.05) is 33.4 Å². The van der Waals surface area contributed by atoms with Gasteiger partial charge in [-0.2, -0.15) is 0 Å². The van der Waals surface area contributed by atoms with Crippen molar-refractivity contribution < 1.29 is 9.47 Å². The van der Waals surface area contributed by atoms with Gasteiger partial charge in [-0.25, -0.2) is 0 Å². The van der Waals surface area contributed by atoms with Gasteiger partial charge in [0.25, 0.3) is 0 Å². The predicted molar refractivity (Wildman–Crippen MR) is 98.4 cm³/mol. The highest BCUT2D eigenvalue weighted by Crippen LogP contribution is 2.16. The lowest BCUT2D eigenvalue weighted by atomic mass is 10.1. The van der Waals surface area contributed by atoms with Crippen molar-refractivity contribution in [2.45, 2.75) is 44.8 Å². The van der Waals surface area contributed by atoms with E-state index in [0.717, 1.165) is 45.1 Å². The van der Waals surface area contributed by atoms with Crippen molar-refractivity contribution >= 4 is 5.96 Å². The van der Waals surface area contributed by atoms with Crippen molar-refractivity contribution in [3.05, 3.63) is 35.9 Å². The zero-order valence-corrected chi connectivity index (χ0v) is 15.0. The number of nitrogens with one attached hydrogen (secondary N) is 2. The lowest BCUT2D eigenvalue weighted by Crippen LogP contribution is -2.39. The first-order valence-corrected chi connectivity index (χ1v) is 9.02. The van der Waals surface area contributed by atoms with E-state index in [2.05, 4.69) is 34.7 Å². The van der Waals surface area contributed by atoms with Crippen LogP contribution in [-0.4, -0.2) is 45.4 Å². The maximum absolute atomic E-state index is 5.88. The maximum atomic E-state index is 5.88. The zero-order valence-electron chi connectivity index (χ0n) is 15.0. The van der Waals surface area contributed by atoms with Gasteiger partial charge in [0.15, 0.2) is 5.96 Å². The molecule has 2 unspecified atom stereocenters. The fourth-order valence-corrected chi connectivity index (χ4v) is 2.80. The number of aliphatic imine (C=N–C) groups is 1. The third-order valence-electron chi connectivity index (χ3n) is 4.26. The normalized spacial score (nSPS) is 19.2. The fraction of sp³-hybridized carbons (Fsp3) is 0.632. The molecule has 0 amide bonds. The molecule has 0 saturated carbocycles. The van der Waals surface area contributed by atoms with Crippen LogP contribution in [0, 0.1) is 0 Å². The minimum atomic E-state index is 0.134. The molecule has 1 saturated heterocycles. The first kappa shape index (κ1) is 18.7. The topological polar surface area (TPSA) is 54.9 Å². The molecule has 1 aromatic rings. The number of benzene rings is 1. The Labute approximate surface area is 145 Å². The van der Waals surface area contributed by atoms with Crippen molar-refractivity contribution in [3.8, 4) is 0 Å². The van der Waals surface area contributed by atoms with Crippen molar-refractivity contribution in [1.29, 1.82) is 0 Å². The zero-order chi connectivity index (χ0) is 17.0. The van der Waals surface area contributed by atoms with E-state index in [1.807, 2.05) is 18.2 Å². The van der Waals surface area contributed by atoms with E-state index in [1.54, 1.807) is 7.05 Å². The average molecular weight is 333 g/mol. The first-order chi connectivity index (χ1) is 11.8. The molecule has 5 nitrogen and oxygen atoms in total. The van der Waals surface area contributed by atoms with E-state index in [0.29, 0.717) is 6.10 Å². The van der Waals surface area contributed by atoms with Crippen LogP contribution in [0.1, 0.15) is 44.3 Å². The number of guanidine groups is 1. The fourth-order valence-electron chi connectivity index (χ4n) is 2.80. The predicted octanol–water partition coefficient (Wildman–Crippen LogP) is 2.89. The summed E-state index contributed by atoms with van der Waals surface area (Å²) in [5.74, 6) is 0.851. The Kier molecular flexibility index (Phi) is 8.63. The van der Waals surface area contributed by atoms with Gasteiger partial charge in [-0.1, -0.05) is 30.3 Å². The number of hydrogen-bond acceptors (Lipinski definition) is 3. The van der Waals surface area contributed by atoms with Crippen LogP contribution in [0.5, 0.6) is 0 Å². The molecule has 2 rings (SSSR count). The summed E-state index contributed by atoms with van der Waals surface area (Å²) in [4.78, 5) is 4.25. The molecule has 0 aliphatic carbocycles. The molecule has 0 bridgehead atoms. The summed E-state index contributed by atoms with van der Waals surface area (Å²) in [6.07, 6.45) is 4.92. The monoisotopic (exact) mass is 333 g/mol. The quantitative estimate of drug-likeness (QED) is 0.414. The summed E-state index contributed by atoms with van der Waals surface area (Å²) in [7, 11) is 1.80. The van der Waals surface area contributed by atoms with Crippen LogP contribution in [0.15, 0.2) is 35.3 Å². The molecule has 1 fully saturated rings. The van der Waals surface area contributed by atoms with Gasteiger partial charge in [-0.05, 0) is 38.2 Å². The maximum Gasteiger partial charge on any atom is 0.190 e. The minimum Gasteiger partial charge on any atom is -0.378 e. The molecule has 24 heavy (non-hydrogen) atoms. The highest BCUT2D eigenvalue weighted by molar-refractivity contribution is 5.79. The number of ether oxygens (including phenoxy) is 2. The second-order valence-corrected chi connectivity index (χ2v) is 6.13. The van der Waals surface area contributed by atoms with E-state index >= 15 is 0 Å². The summed E-state index contributed by atoms with van der Waals surface area (Å²) < 4.78 is 11.5. The van der Waals surface area contributed by atoms with Crippen LogP contribution in [-0.2, 0) is 9.47 Å². The van der Waals surface area contributed by atoms with Gasteiger partial charge < -0.3 is 20.1 Å². The molecule has 0 radical (unpaired) electrons. The van der Waals surface area contributed by atoms with E-state index < -0.39 is 0 Å². The molecule has 0 aromatic heterocycles. The molecule has 1 heterocycles. The Bertz CT molecular complexity index is 473. The van der Waals surface area contributed by atoms with E-state index in [9.17, 15) is 0 Å². The van der Waals surface area contributed by atoms with Crippen LogP contribution in [0.25, 0.3) is 0 Å². The SMILES string of the molecule is CN=C(NCCCOC(C)c1ccccc1)NCCC1CCCO1. The van der Waals surface area contributed by atoms with Crippen LogP contribution in [0.4, 0.5) is 0 Å². The Hall–Kier alpha value is -1.59. The Morgan fingerprint density at radius 2 is 2.08 bits per heavy atom. The van der Waals surface area contributed by atoms with Gasteiger partial charge in [-0.3, -0.25) is 4.99 Å². The van der Waals surface area contributed by atoms with Crippen molar-refractivity contribution in [2.75, 3.05) is 33.4 Å². The highest BCUT2D eigenvalue weighted by Gasteiger charge is 2.14. The molecule has 2 N–H and O–H groups in total. The largest absolute Gasteiger partial charge is 0.378 e. The summed E-state index contributed by atoms with van der Waals surface area (Å²) in [5.41, 5.74) is 1.22. The van der Waals surface area contributed by atoms with Crippen LogP contribution in [0.3, 0.4) is 0 Å². The van der Waals surface area contributed by atoms with Gasteiger partial charge in [0.1, 0.15) is 0 Å². The van der Waals surface area contributed by atoms with Crippen LogP contribution in [0.2, 0.25) is 0 Å². The summed E-state index contributed by atoms with van der Waals surface area (Å²) >= 11 is 0. The molecule has 1 aliphatic heterocycles. The minimum absolute atomic E-state index is 0.134. The van der Waals surface area contributed by atoms with E-state index in [4.69, 9.17) is 9.47 Å². The summed E-state index contributed by atoms with van der Waals surface area (Å²) in [5, 5.41) is 6.67. The molecular weight excluding hydrogens is 302 g/mol. The van der Waals surface area contributed by atoms with Gasteiger partial charge in [0.2, 0.25) is 0 Å². The molecule has 0 spiro atoms. The summed E-state index contributed by atoms with van der Waals surface area (Å²) in [6.45, 7) is 5.48. The molecule has 5 heteroatoms. The van der Waals surface area contributed by atoms with Gasteiger partial charge in [-0.15, -0.1) is 0 Å². The molecule has 1 aromatic carbocycles. The lowest BCUT2D eigenvalue weighted by molar-refractivity contribution is 0.0646. The third-order valence-corrected chi connectivity index (χ3v) is 4.26. The highest BCUT2D eigenvalue weighted by atomic mass is 16.5. The van der Waals surface area contributed by atoms with Crippen LogP contribution < -0.4 is 10.6 Å². The average Bonchev–Trinajstić information content (AvgIpc) is 3.14. The van der Waals surface area contributed by atoms with Gasteiger partial charge in [0.05, 0.1) is 12.2 Å². The number of rotatable bonds is 9. The Morgan fingerprint density at radius 3 is 2.79 bits per heavy atom. The lowest BCUT2D eigenvalue weighted by Gasteiger charge is -2.15.